The molecule has 32 heavy (non-hydrogen) atoms. The van der Waals surface area contributed by atoms with E-state index in [0.717, 1.165) is 48.6 Å². The number of benzene rings is 1. The topological polar surface area (TPSA) is 80.1 Å². The number of aromatic nitrogens is 3. The van der Waals surface area contributed by atoms with E-state index < -0.39 is 0 Å². The lowest BCUT2D eigenvalue weighted by molar-refractivity contribution is -0.130. The minimum absolute atomic E-state index is 0.0386. The number of pyridine rings is 1. The van der Waals surface area contributed by atoms with Crippen LogP contribution in [0.1, 0.15) is 19.3 Å². The largest absolute Gasteiger partial charge is 0.342 e. The SMILES string of the molecule is O=C(Nc1ccc(-n2cccn2)cc1)[C@@H]1CC12CCN(C(=O)CSc1ccncc1)CC2. The van der Waals surface area contributed by atoms with Gasteiger partial charge in [-0.2, -0.15) is 5.10 Å². The van der Waals surface area contributed by atoms with Gasteiger partial charge in [0, 0.05) is 54.4 Å². The summed E-state index contributed by atoms with van der Waals surface area (Å²) in [6.07, 6.45) is 9.81. The molecule has 2 aromatic heterocycles. The highest BCUT2D eigenvalue weighted by Crippen LogP contribution is 2.59. The average Bonchev–Trinajstić information content (AvgIpc) is 3.25. The molecule has 2 fully saturated rings. The third-order valence-electron chi connectivity index (χ3n) is 6.53. The molecule has 0 radical (unpaired) electrons. The summed E-state index contributed by atoms with van der Waals surface area (Å²) in [6.45, 7) is 1.47. The van der Waals surface area contributed by atoms with Crippen molar-refractivity contribution in [2.75, 3.05) is 24.2 Å². The molecule has 5 rings (SSSR count). The molecule has 2 amide bonds. The van der Waals surface area contributed by atoms with Crippen LogP contribution in [-0.2, 0) is 9.59 Å². The molecule has 1 atom stereocenters. The Bertz CT molecular complexity index is 1080. The maximum Gasteiger partial charge on any atom is 0.232 e. The van der Waals surface area contributed by atoms with Gasteiger partial charge in [-0.25, -0.2) is 4.68 Å². The smallest absolute Gasteiger partial charge is 0.232 e. The number of hydrogen-bond donors (Lipinski definition) is 1. The van der Waals surface area contributed by atoms with Crippen molar-refractivity contribution in [3.05, 3.63) is 67.3 Å². The number of nitrogens with zero attached hydrogens (tertiary/aromatic N) is 4. The molecule has 8 heteroatoms. The van der Waals surface area contributed by atoms with E-state index in [2.05, 4.69) is 15.4 Å². The maximum atomic E-state index is 12.8. The van der Waals surface area contributed by atoms with Crippen LogP contribution >= 0.6 is 11.8 Å². The van der Waals surface area contributed by atoms with E-state index in [1.54, 1.807) is 35.0 Å². The number of likely N-dealkylation sites (tertiary alicyclic amines) is 1. The molecule has 0 bridgehead atoms. The molecule has 1 saturated carbocycles. The van der Waals surface area contributed by atoms with Crippen LogP contribution in [0.5, 0.6) is 0 Å². The molecule has 1 aromatic carbocycles. The molecule has 1 saturated heterocycles. The fourth-order valence-electron chi connectivity index (χ4n) is 4.49. The predicted molar refractivity (Wildman–Crippen MR) is 124 cm³/mol. The monoisotopic (exact) mass is 447 g/mol. The molecule has 3 heterocycles. The Morgan fingerprint density at radius 2 is 1.81 bits per heavy atom. The Labute approximate surface area is 191 Å². The van der Waals surface area contributed by atoms with Crippen molar-refractivity contribution in [3.63, 3.8) is 0 Å². The van der Waals surface area contributed by atoms with Crippen molar-refractivity contribution in [1.29, 1.82) is 0 Å². The third-order valence-corrected chi connectivity index (χ3v) is 7.53. The first kappa shape index (κ1) is 20.8. The van der Waals surface area contributed by atoms with Crippen LogP contribution in [0, 0.1) is 11.3 Å². The van der Waals surface area contributed by atoms with Crippen LogP contribution in [0.15, 0.2) is 72.1 Å². The first-order chi connectivity index (χ1) is 15.6. The first-order valence-electron chi connectivity index (χ1n) is 10.8. The van der Waals surface area contributed by atoms with E-state index in [0.29, 0.717) is 5.75 Å². The molecule has 1 aliphatic carbocycles. The Balaban J connectivity index is 1.10. The molecule has 3 aromatic rings. The van der Waals surface area contributed by atoms with Crippen molar-refractivity contribution in [2.45, 2.75) is 24.2 Å². The normalized spacial score (nSPS) is 19.0. The van der Waals surface area contributed by atoms with Crippen LogP contribution in [0.4, 0.5) is 5.69 Å². The first-order valence-corrected chi connectivity index (χ1v) is 11.8. The zero-order chi connectivity index (χ0) is 22.0. The van der Waals surface area contributed by atoms with Crippen LogP contribution in [0.3, 0.4) is 0 Å². The van der Waals surface area contributed by atoms with Crippen LogP contribution in [0.2, 0.25) is 0 Å². The van der Waals surface area contributed by atoms with Gasteiger partial charge in [-0.15, -0.1) is 11.8 Å². The summed E-state index contributed by atoms with van der Waals surface area (Å²) >= 11 is 1.54. The van der Waals surface area contributed by atoms with Gasteiger partial charge in [-0.1, -0.05) is 0 Å². The highest BCUT2D eigenvalue weighted by molar-refractivity contribution is 8.00. The van der Waals surface area contributed by atoms with Crippen molar-refractivity contribution in [2.24, 2.45) is 11.3 Å². The summed E-state index contributed by atoms with van der Waals surface area (Å²) in [7, 11) is 0. The highest BCUT2D eigenvalue weighted by atomic mass is 32.2. The van der Waals surface area contributed by atoms with Gasteiger partial charge in [0.25, 0.3) is 0 Å². The Hall–Kier alpha value is -3.13. The van der Waals surface area contributed by atoms with Gasteiger partial charge in [0.1, 0.15) is 0 Å². The van der Waals surface area contributed by atoms with Gasteiger partial charge < -0.3 is 10.2 Å². The fraction of sp³-hybridized carbons (Fsp3) is 0.333. The van der Waals surface area contributed by atoms with Crippen molar-refractivity contribution >= 4 is 29.3 Å². The van der Waals surface area contributed by atoms with Gasteiger partial charge >= 0.3 is 0 Å². The second-order valence-corrected chi connectivity index (χ2v) is 9.51. The van der Waals surface area contributed by atoms with E-state index in [1.807, 2.05) is 53.6 Å². The zero-order valence-electron chi connectivity index (χ0n) is 17.7. The van der Waals surface area contributed by atoms with Gasteiger partial charge in [-0.3, -0.25) is 14.6 Å². The summed E-state index contributed by atoms with van der Waals surface area (Å²) < 4.78 is 1.78. The van der Waals surface area contributed by atoms with E-state index in [-0.39, 0.29) is 23.1 Å². The fourth-order valence-corrected chi connectivity index (χ4v) is 5.28. The molecular weight excluding hydrogens is 422 g/mol. The molecule has 1 spiro atoms. The van der Waals surface area contributed by atoms with E-state index >= 15 is 0 Å². The summed E-state index contributed by atoms with van der Waals surface area (Å²) in [5, 5.41) is 7.28. The highest BCUT2D eigenvalue weighted by Gasteiger charge is 2.58. The molecule has 2 aliphatic rings. The van der Waals surface area contributed by atoms with Gasteiger partial charge in [0.2, 0.25) is 11.8 Å². The summed E-state index contributed by atoms with van der Waals surface area (Å²) in [6, 6.07) is 13.4. The third kappa shape index (κ3) is 4.41. The minimum atomic E-state index is 0.0386. The standard InChI is InChI=1S/C24H25N5O2S/c30-22(17-32-20-6-11-25-12-7-20)28-14-8-24(9-15-28)16-21(24)23(31)27-18-2-4-19(5-3-18)29-13-1-10-26-29/h1-7,10-13,21H,8-9,14-17H2,(H,27,31)/t21-/m0/s1. The molecule has 7 nitrogen and oxygen atoms in total. The second kappa shape index (κ2) is 8.78. The quantitative estimate of drug-likeness (QED) is 0.584. The summed E-state index contributed by atoms with van der Waals surface area (Å²) in [5.41, 5.74) is 1.82. The number of amides is 2. The van der Waals surface area contributed by atoms with Crippen LogP contribution < -0.4 is 5.32 Å². The minimum Gasteiger partial charge on any atom is -0.342 e. The second-order valence-electron chi connectivity index (χ2n) is 8.46. The molecule has 1 N–H and O–H groups in total. The molecule has 1 aliphatic heterocycles. The number of piperidine rings is 1. The lowest BCUT2D eigenvalue weighted by atomic mass is 9.90. The Kier molecular flexibility index (Phi) is 5.70. The molecule has 0 unspecified atom stereocenters. The van der Waals surface area contributed by atoms with Gasteiger partial charge in [-0.05, 0) is 67.1 Å². The number of hydrogen-bond acceptors (Lipinski definition) is 5. The Morgan fingerprint density at radius 1 is 1.06 bits per heavy atom. The van der Waals surface area contributed by atoms with Crippen LogP contribution in [0.25, 0.3) is 5.69 Å². The summed E-state index contributed by atoms with van der Waals surface area (Å²) in [5.74, 6) is 0.734. The maximum absolute atomic E-state index is 12.8. The number of carbonyl (C=O) groups is 2. The number of thioether (sulfide) groups is 1. The Morgan fingerprint density at radius 3 is 2.50 bits per heavy atom. The lowest BCUT2D eigenvalue weighted by Crippen LogP contribution is -2.41. The number of nitrogens with one attached hydrogen (secondary N) is 1. The number of rotatable bonds is 6. The number of carbonyl (C=O) groups excluding carboxylic acids is 2. The predicted octanol–water partition coefficient (Wildman–Crippen LogP) is 3.63. The van der Waals surface area contributed by atoms with Crippen molar-refractivity contribution in [3.8, 4) is 5.69 Å². The number of anilines is 1. The zero-order valence-corrected chi connectivity index (χ0v) is 18.5. The van der Waals surface area contributed by atoms with E-state index in [4.69, 9.17) is 0 Å². The van der Waals surface area contributed by atoms with Crippen LogP contribution in [-0.4, -0.2) is 50.3 Å². The summed E-state index contributed by atoms with van der Waals surface area (Å²) in [4.78, 5) is 32.4. The molecule has 164 valence electrons. The van der Waals surface area contributed by atoms with E-state index in [1.165, 1.54) is 0 Å². The average molecular weight is 448 g/mol. The van der Waals surface area contributed by atoms with Crippen molar-refractivity contribution < 1.29 is 9.59 Å². The molecular formula is C24H25N5O2S. The van der Waals surface area contributed by atoms with Crippen molar-refractivity contribution in [1.82, 2.24) is 19.7 Å². The van der Waals surface area contributed by atoms with Gasteiger partial charge in [0.15, 0.2) is 0 Å². The van der Waals surface area contributed by atoms with E-state index in [9.17, 15) is 9.59 Å². The van der Waals surface area contributed by atoms with Gasteiger partial charge in [0.05, 0.1) is 11.4 Å². The lowest BCUT2D eigenvalue weighted by Gasteiger charge is -2.32.